The molecule has 9 nitrogen and oxygen atoms in total. The molecule has 0 aliphatic rings. The van der Waals surface area contributed by atoms with E-state index in [1.165, 1.54) is 32.4 Å². The minimum absolute atomic E-state index is 0.0345. The number of nitrogens with zero attached hydrogens (tertiary/aromatic N) is 3. The zero-order valence-electron chi connectivity index (χ0n) is 15.6. The summed E-state index contributed by atoms with van der Waals surface area (Å²) in [6.45, 7) is 0. The summed E-state index contributed by atoms with van der Waals surface area (Å²) >= 11 is 0. The summed E-state index contributed by atoms with van der Waals surface area (Å²) in [7, 11) is 3.00. The largest absolute Gasteiger partial charge is 0.497 e. The van der Waals surface area contributed by atoms with E-state index in [0.717, 1.165) is 6.20 Å². The van der Waals surface area contributed by atoms with E-state index in [4.69, 9.17) is 15.2 Å². The second-order valence-corrected chi connectivity index (χ2v) is 5.96. The van der Waals surface area contributed by atoms with Gasteiger partial charge in [-0.3, -0.25) is 10.1 Å². The summed E-state index contributed by atoms with van der Waals surface area (Å²) in [5, 5.41) is 14.0. The Morgan fingerprint density at radius 2 is 2.00 bits per heavy atom. The highest BCUT2D eigenvalue weighted by Gasteiger charge is 2.22. The Morgan fingerprint density at radius 3 is 2.66 bits per heavy atom. The first-order valence-electron chi connectivity index (χ1n) is 8.43. The fraction of sp³-hybridized carbons (Fsp3) is 0.158. The van der Waals surface area contributed by atoms with E-state index in [1.54, 1.807) is 24.3 Å². The summed E-state index contributed by atoms with van der Waals surface area (Å²) in [5.74, 6) is 0.311. The van der Waals surface area contributed by atoms with Gasteiger partial charge in [-0.25, -0.2) is 9.37 Å². The van der Waals surface area contributed by atoms with Crippen LogP contribution in [0.4, 0.5) is 21.8 Å². The molecule has 0 saturated carbocycles. The maximum Gasteiger partial charge on any atom is 0.329 e. The van der Waals surface area contributed by atoms with Crippen molar-refractivity contribution in [3.63, 3.8) is 0 Å². The zero-order chi connectivity index (χ0) is 21.0. The van der Waals surface area contributed by atoms with E-state index in [9.17, 15) is 14.5 Å². The number of methoxy groups -OCH3 is 2. The first-order chi connectivity index (χ1) is 13.9. The minimum atomic E-state index is -0.672. The van der Waals surface area contributed by atoms with Gasteiger partial charge in [0.1, 0.15) is 23.5 Å². The van der Waals surface area contributed by atoms with Crippen LogP contribution >= 0.6 is 0 Å². The van der Waals surface area contributed by atoms with Gasteiger partial charge in [-0.15, -0.1) is 0 Å². The molecule has 0 bridgehead atoms. The normalized spacial score (nSPS) is 11.6. The highest BCUT2D eigenvalue weighted by atomic mass is 19.1. The van der Waals surface area contributed by atoms with Crippen LogP contribution in [0.2, 0.25) is 0 Å². The molecule has 0 aliphatic heterocycles. The van der Waals surface area contributed by atoms with Crippen molar-refractivity contribution in [3.05, 3.63) is 75.7 Å². The quantitative estimate of drug-likeness (QED) is 0.458. The fourth-order valence-corrected chi connectivity index (χ4v) is 2.82. The van der Waals surface area contributed by atoms with E-state index in [1.807, 2.05) is 0 Å². The molecular weight excluding hydrogens is 381 g/mol. The molecule has 29 heavy (non-hydrogen) atoms. The number of nitro groups is 1. The number of rotatable bonds is 7. The Hall–Kier alpha value is -3.95. The lowest BCUT2D eigenvalue weighted by atomic mass is 9.97. The molecule has 1 aromatic heterocycles. The molecule has 3 N–H and O–H groups in total. The molecule has 1 heterocycles. The number of hydrogen-bond acceptors (Lipinski definition) is 8. The summed E-state index contributed by atoms with van der Waals surface area (Å²) in [4.78, 5) is 18.2. The molecule has 1 atom stereocenters. The van der Waals surface area contributed by atoms with Crippen LogP contribution < -0.4 is 20.5 Å². The third-order valence-electron chi connectivity index (χ3n) is 4.20. The minimum Gasteiger partial charge on any atom is -0.497 e. The van der Waals surface area contributed by atoms with E-state index in [0.29, 0.717) is 22.6 Å². The molecule has 0 amide bonds. The molecule has 0 fully saturated rings. The number of aromatic nitrogens is 2. The molecular formula is C19H18FN5O4. The number of anilines is 2. The van der Waals surface area contributed by atoms with Gasteiger partial charge < -0.3 is 20.5 Å². The van der Waals surface area contributed by atoms with Crippen LogP contribution in [0.5, 0.6) is 11.5 Å². The Bertz CT molecular complexity index is 1050. The topological polar surface area (TPSA) is 125 Å². The summed E-state index contributed by atoms with van der Waals surface area (Å²) in [6.07, 6.45) is 1.01. The van der Waals surface area contributed by atoms with Crippen LogP contribution in [0.15, 0.2) is 48.7 Å². The number of nitrogen functional groups attached to an aromatic ring is 1. The first-order valence-corrected chi connectivity index (χ1v) is 8.43. The lowest BCUT2D eigenvalue weighted by Gasteiger charge is -2.22. The van der Waals surface area contributed by atoms with Crippen molar-refractivity contribution in [2.24, 2.45) is 0 Å². The average Bonchev–Trinajstić information content (AvgIpc) is 2.71. The van der Waals surface area contributed by atoms with Crippen LogP contribution in [0.3, 0.4) is 0 Å². The standard InChI is InChI=1S/C19H18FN5O4/c1-28-13-5-3-4-11(8-13)17(14-9-12(20)6-7-16(14)29-2)23-19-22-10-15(25(26)27)18(21)24-19/h3-10,17H,1-2H3,(H3,21,22,23,24). The van der Waals surface area contributed by atoms with Crippen molar-refractivity contribution < 1.29 is 18.8 Å². The number of hydrogen-bond donors (Lipinski definition) is 2. The zero-order valence-corrected chi connectivity index (χ0v) is 15.6. The number of nitrogens with two attached hydrogens (primary N) is 1. The number of ether oxygens (including phenoxy) is 2. The smallest absolute Gasteiger partial charge is 0.329 e. The Kier molecular flexibility index (Phi) is 5.72. The van der Waals surface area contributed by atoms with Gasteiger partial charge in [-0.05, 0) is 35.9 Å². The summed E-state index contributed by atoms with van der Waals surface area (Å²) in [5.41, 5.74) is 6.43. The third kappa shape index (κ3) is 4.32. The van der Waals surface area contributed by atoms with E-state index in [2.05, 4.69) is 15.3 Å². The molecule has 2 aromatic carbocycles. The lowest BCUT2D eigenvalue weighted by molar-refractivity contribution is -0.384. The first kappa shape index (κ1) is 19.8. The second kappa shape index (κ2) is 8.38. The van der Waals surface area contributed by atoms with Gasteiger partial charge in [0, 0.05) is 5.56 Å². The van der Waals surface area contributed by atoms with Gasteiger partial charge in [0.2, 0.25) is 11.8 Å². The third-order valence-corrected chi connectivity index (χ3v) is 4.20. The predicted molar refractivity (Wildman–Crippen MR) is 105 cm³/mol. The van der Waals surface area contributed by atoms with Crippen molar-refractivity contribution in [1.29, 1.82) is 0 Å². The number of benzene rings is 2. The van der Waals surface area contributed by atoms with Crippen LogP contribution in [-0.4, -0.2) is 29.1 Å². The average molecular weight is 399 g/mol. The van der Waals surface area contributed by atoms with Gasteiger partial charge in [-0.1, -0.05) is 12.1 Å². The highest BCUT2D eigenvalue weighted by molar-refractivity contribution is 5.55. The Balaban J connectivity index is 2.10. The number of halogens is 1. The molecule has 150 valence electrons. The molecule has 0 saturated heterocycles. The van der Waals surface area contributed by atoms with E-state index in [-0.39, 0.29) is 11.8 Å². The van der Waals surface area contributed by atoms with Crippen molar-refractivity contribution in [2.45, 2.75) is 6.04 Å². The maximum absolute atomic E-state index is 14.0. The number of nitrogens with one attached hydrogen (secondary N) is 1. The molecule has 10 heteroatoms. The monoisotopic (exact) mass is 399 g/mol. The van der Waals surface area contributed by atoms with Gasteiger partial charge in [0.15, 0.2) is 0 Å². The van der Waals surface area contributed by atoms with Crippen LogP contribution in [0.25, 0.3) is 0 Å². The van der Waals surface area contributed by atoms with Crippen molar-refractivity contribution in [3.8, 4) is 11.5 Å². The summed E-state index contributed by atoms with van der Waals surface area (Å²) in [6, 6.07) is 10.6. The molecule has 3 rings (SSSR count). The van der Waals surface area contributed by atoms with Gasteiger partial charge in [-0.2, -0.15) is 4.98 Å². The Morgan fingerprint density at radius 1 is 1.21 bits per heavy atom. The van der Waals surface area contributed by atoms with E-state index >= 15 is 0 Å². The molecule has 3 aromatic rings. The second-order valence-electron chi connectivity index (χ2n) is 5.96. The lowest BCUT2D eigenvalue weighted by Crippen LogP contribution is -2.16. The summed E-state index contributed by atoms with van der Waals surface area (Å²) < 4.78 is 24.7. The molecule has 0 radical (unpaired) electrons. The Labute approximate surface area is 165 Å². The predicted octanol–water partition coefficient (Wildman–Crippen LogP) is 3.32. The SMILES string of the molecule is COc1cccc(C(Nc2ncc([N+](=O)[O-])c(N)n2)c2cc(F)ccc2OC)c1. The fourth-order valence-electron chi connectivity index (χ4n) is 2.82. The van der Waals surface area contributed by atoms with Crippen LogP contribution in [0.1, 0.15) is 17.2 Å². The van der Waals surface area contributed by atoms with Crippen LogP contribution in [0, 0.1) is 15.9 Å². The van der Waals surface area contributed by atoms with Crippen molar-refractivity contribution >= 4 is 17.5 Å². The van der Waals surface area contributed by atoms with Crippen LogP contribution in [-0.2, 0) is 0 Å². The van der Waals surface area contributed by atoms with Crippen molar-refractivity contribution in [1.82, 2.24) is 9.97 Å². The van der Waals surface area contributed by atoms with Gasteiger partial charge in [0.05, 0.1) is 25.2 Å². The molecule has 1 unspecified atom stereocenters. The van der Waals surface area contributed by atoms with Crippen molar-refractivity contribution in [2.75, 3.05) is 25.3 Å². The van der Waals surface area contributed by atoms with E-state index < -0.39 is 22.5 Å². The molecule has 0 aliphatic carbocycles. The highest BCUT2D eigenvalue weighted by Crippen LogP contribution is 2.34. The van der Waals surface area contributed by atoms with Gasteiger partial charge in [0.25, 0.3) is 0 Å². The maximum atomic E-state index is 14.0. The van der Waals surface area contributed by atoms with Gasteiger partial charge >= 0.3 is 5.69 Å². The molecule has 0 spiro atoms.